The van der Waals surface area contributed by atoms with Gasteiger partial charge < -0.3 is 9.47 Å². The van der Waals surface area contributed by atoms with Gasteiger partial charge in [-0.15, -0.1) is 0 Å². The van der Waals surface area contributed by atoms with E-state index in [1.807, 2.05) is 18.2 Å². The van der Waals surface area contributed by atoms with Gasteiger partial charge in [-0.05, 0) is 55.0 Å². The Morgan fingerprint density at radius 3 is 2.20 bits per heavy atom. The standard InChI is InChI=1S/C22H21NO6S/c1-3-28-21(24)17-10-12-19(22(25)29-4-2)20(14-17)23-30(26,27)18-11-9-15-7-5-6-8-16(15)13-18/h5-14,23H,3-4H2,1-2H3. The number of fused-ring (bicyclic) bond motifs is 1. The number of ether oxygens (including phenoxy) is 2. The normalized spacial score (nSPS) is 11.1. The number of sulfonamides is 1. The number of hydrogen-bond acceptors (Lipinski definition) is 6. The van der Waals surface area contributed by atoms with E-state index in [0.717, 1.165) is 10.8 Å². The molecule has 0 aliphatic heterocycles. The minimum Gasteiger partial charge on any atom is -0.462 e. The van der Waals surface area contributed by atoms with Crippen LogP contribution >= 0.6 is 0 Å². The summed E-state index contributed by atoms with van der Waals surface area (Å²) in [5, 5.41) is 1.65. The fourth-order valence-corrected chi connectivity index (χ4v) is 4.00. The van der Waals surface area contributed by atoms with Crippen molar-refractivity contribution in [2.75, 3.05) is 17.9 Å². The fraction of sp³-hybridized carbons (Fsp3) is 0.182. The predicted octanol–water partition coefficient (Wildman–Crippen LogP) is 3.99. The molecule has 0 unspecified atom stereocenters. The highest BCUT2D eigenvalue weighted by Gasteiger charge is 2.22. The minimum absolute atomic E-state index is 0.00531. The van der Waals surface area contributed by atoms with E-state index in [1.54, 1.807) is 26.0 Å². The topological polar surface area (TPSA) is 98.8 Å². The average molecular weight is 427 g/mol. The van der Waals surface area contributed by atoms with Crippen molar-refractivity contribution in [3.8, 4) is 0 Å². The first-order valence-corrected chi connectivity index (χ1v) is 10.8. The van der Waals surface area contributed by atoms with Gasteiger partial charge in [-0.25, -0.2) is 18.0 Å². The molecule has 0 amide bonds. The number of rotatable bonds is 7. The molecule has 1 N–H and O–H groups in total. The van der Waals surface area contributed by atoms with Crippen LogP contribution in [0.4, 0.5) is 5.69 Å². The molecular weight excluding hydrogens is 406 g/mol. The highest BCUT2D eigenvalue weighted by molar-refractivity contribution is 7.92. The molecular formula is C22H21NO6S. The van der Waals surface area contributed by atoms with Crippen molar-refractivity contribution in [2.45, 2.75) is 18.7 Å². The Morgan fingerprint density at radius 2 is 1.50 bits per heavy atom. The number of carbonyl (C=O) groups excluding carboxylic acids is 2. The maximum Gasteiger partial charge on any atom is 0.340 e. The maximum absolute atomic E-state index is 13.0. The summed E-state index contributed by atoms with van der Waals surface area (Å²) in [6.07, 6.45) is 0. The molecule has 8 heteroatoms. The Bertz CT molecular complexity index is 1200. The summed E-state index contributed by atoms with van der Waals surface area (Å²) >= 11 is 0. The lowest BCUT2D eigenvalue weighted by Gasteiger charge is -2.14. The van der Waals surface area contributed by atoms with Crippen molar-refractivity contribution >= 4 is 38.4 Å². The van der Waals surface area contributed by atoms with Crippen LogP contribution in [0.15, 0.2) is 65.6 Å². The van der Waals surface area contributed by atoms with Gasteiger partial charge in [0.2, 0.25) is 0 Å². The lowest BCUT2D eigenvalue weighted by Crippen LogP contribution is -2.17. The highest BCUT2D eigenvalue weighted by Crippen LogP contribution is 2.25. The molecule has 0 saturated heterocycles. The molecule has 0 atom stereocenters. The molecule has 3 aromatic carbocycles. The predicted molar refractivity (Wildman–Crippen MR) is 113 cm³/mol. The molecule has 0 heterocycles. The Labute approximate surface area is 174 Å². The third-order valence-electron chi connectivity index (χ3n) is 4.30. The molecule has 3 aromatic rings. The molecule has 7 nitrogen and oxygen atoms in total. The summed E-state index contributed by atoms with van der Waals surface area (Å²) in [5.41, 5.74) is 0.0440. The smallest absolute Gasteiger partial charge is 0.340 e. The number of carbonyl (C=O) groups is 2. The number of esters is 2. The lowest BCUT2D eigenvalue weighted by atomic mass is 10.1. The van der Waals surface area contributed by atoms with Crippen LogP contribution in [0.25, 0.3) is 10.8 Å². The molecule has 0 radical (unpaired) electrons. The molecule has 0 aliphatic carbocycles. The van der Waals surface area contributed by atoms with Crippen LogP contribution in [0, 0.1) is 0 Å². The SMILES string of the molecule is CCOC(=O)c1ccc(C(=O)OCC)c(NS(=O)(=O)c2ccc3ccccc3c2)c1. The zero-order valence-electron chi connectivity index (χ0n) is 16.5. The minimum atomic E-state index is -4.04. The van der Waals surface area contributed by atoms with Crippen molar-refractivity contribution in [1.82, 2.24) is 0 Å². The Kier molecular flexibility index (Phi) is 6.37. The van der Waals surface area contributed by atoms with Gasteiger partial charge in [-0.2, -0.15) is 0 Å². The van der Waals surface area contributed by atoms with Crippen LogP contribution in [-0.4, -0.2) is 33.6 Å². The average Bonchev–Trinajstić information content (AvgIpc) is 2.73. The third kappa shape index (κ3) is 4.60. The van der Waals surface area contributed by atoms with Crippen molar-refractivity contribution in [1.29, 1.82) is 0 Å². The fourth-order valence-electron chi connectivity index (χ4n) is 2.90. The van der Waals surface area contributed by atoms with Gasteiger partial charge in [0.15, 0.2) is 0 Å². The van der Waals surface area contributed by atoms with Gasteiger partial charge in [0.1, 0.15) is 0 Å². The molecule has 0 saturated carbocycles. The second-order valence-corrected chi connectivity index (χ2v) is 8.00. The Morgan fingerprint density at radius 1 is 0.833 bits per heavy atom. The van der Waals surface area contributed by atoms with E-state index >= 15 is 0 Å². The van der Waals surface area contributed by atoms with Gasteiger partial charge >= 0.3 is 11.9 Å². The van der Waals surface area contributed by atoms with Crippen LogP contribution in [0.3, 0.4) is 0 Å². The van der Waals surface area contributed by atoms with E-state index in [1.165, 1.54) is 30.3 Å². The maximum atomic E-state index is 13.0. The van der Waals surface area contributed by atoms with Crippen molar-refractivity contribution in [3.63, 3.8) is 0 Å². The van der Waals surface area contributed by atoms with Crippen LogP contribution in [0.1, 0.15) is 34.6 Å². The lowest BCUT2D eigenvalue weighted by molar-refractivity contribution is 0.0512. The third-order valence-corrected chi connectivity index (χ3v) is 5.66. The molecule has 156 valence electrons. The Balaban J connectivity index is 2.03. The second-order valence-electron chi connectivity index (χ2n) is 6.32. The van der Waals surface area contributed by atoms with Crippen LogP contribution in [0.5, 0.6) is 0 Å². The van der Waals surface area contributed by atoms with E-state index < -0.39 is 22.0 Å². The molecule has 3 rings (SSSR count). The van der Waals surface area contributed by atoms with Crippen molar-refractivity contribution in [3.05, 3.63) is 71.8 Å². The largest absolute Gasteiger partial charge is 0.462 e. The molecule has 0 spiro atoms. The summed E-state index contributed by atoms with van der Waals surface area (Å²) in [4.78, 5) is 24.4. The van der Waals surface area contributed by atoms with Gasteiger partial charge in [0.05, 0.1) is 34.9 Å². The Hall–Kier alpha value is -3.39. The molecule has 0 fully saturated rings. The van der Waals surface area contributed by atoms with E-state index in [9.17, 15) is 18.0 Å². The van der Waals surface area contributed by atoms with Gasteiger partial charge in [-0.3, -0.25) is 4.72 Å². The summed E-state index contributed by atoms with van der Waals surface area (Å²) in [5.74, 6) is -1.33. The van der Waals surface area contributed by atoms with E-state index in [2.05, 4.69) is 4.72 Å². The zero-order valence-corrected chi connectivity index (χ0v) is 17.4. The molecule has 0 aromatic heterocycles. The quantitative estimate of drug-likeness (QED) is 0.573. The first-order valence-electron chi connectivity index (χ1n) is 9.35. The second kappa shape index (κ2) is 8.96. The molecule has 0 bridgehead atoms. The number of benzene rings is 3. The number of nitrogens with one attached hydrogen (secondary N) is 1. The van der Waals surface area contributed by atoms with Gasteiger partial charge in [0, 0.05) is 0 Å². The van der Waals surface area contributed by atoms with Gasteiger partial charge in [0.25, 0.3) is 10.0 Å². The number of anilines is 1. The first kappa shape index (κ1) is 21.3. The van der Waals surface area contributed by atoms with Crippen molar-refractivity contribution in [2.24, 2.45) is 0 Å². The summed E-state index contributed by atoms with van der Waals surface area (Å²) in [7, 11) is -4.04. The van der Waals surface area contributed by atoms with Crippen molar-refractivity contribution < 1.29 is 27.5 Å². The molecule has 0 aliphatic rings. The van der Waals surface area contributed by atoms with Crippen LogP contribution < -0.4 is 4.72 Å². The van der Waals surface area contributed by atoms with E-state index in [-0.39, 0.29) is 34.9 Å². The summed E-state index contributed by atoms with van der Waals surface area (Å²) in [6.45, 7) is 3.59. The monoisotopic (exact) mass is 427 g/mol. The summed E-state index contributed by atoms with van der Waals surface area (Å²) < 4.78 is 38.4. The summed E-state index contributed by atoms with van der Waals surface area (Å²) in [6, 6.07) is 16.1. The number of hydrogen-bond donors (Lipinski definition) is 1. The van der Waals surface area contributed by atoms with Crippen LogP contribution in [0.2, 0.25) is 0 Å². The zero-order chi connectivity index (χ0) is 21.7. The van der Waals surface area contributed by atoms with E-state index in [0.29, 0.717) is 0 Å². The highest BCUT2D eigenvalue weighted by atomic mass is 32.2. The van der Waals surface area contributed by atoms with E-state index in [4.69, 9.17) is 9.47 Å². The van der Waals surface area contributed by atoms with Crippen LogP contribution in [-0.2, 0) is 19.5 Å². The molecule has 30 heavy (non-hydrogen) atoms. The van der Waals surface area contributed by atoms with Gasteiger partial charge in [-0.1, -0.05) is 30.3 Å². The first-order chi connectivity index (χ1) is 14.4.